The SMILES string of the molecule is C[C@@]1(Oc2cc(NS(=O)(=O)c3ccc(Oc4cc(Cl)cc(Cl)c4)nc3)ccc2C(F)(F)F)CCNC1. The number of benzene rings is 2. The van der Waals surface area contributed by atoms with Crippen LogP contribution in [0.3, 0.4) is 0 Å². The van der Waals surface area contributed by atoms with Crippen LogP contribution in [0.4, 0.5) is 18.9 Å². The normalized spacial score (nSPS) is 18.2. The number of anilines is 1. The number of halogens is 5. The highest BCUT2D eigenvalue weighted by atomic mass is 35.5. The number of alkyl halides is 3. The van der Waals surface area contributed by atoms with Crippen LogP contribution in [-0.2, 0) is 16.2 Å². The summed E-state index contributed by atoms with van der Waals surface area (Å²) in [4.78, 5) is 3.75. The first kappa shape index (κ1) is 26.3. The molecule has 2 heterocycles. The van der Waals surface area contributed by atoms with E-state index in [-0.39, 0.29) is 16.5 Å². The summed E-state index contributed by atoms with van der Waals surface area (Å²) in [5, 5.41) is 3.74. The molecule has 1 aromatic heterocycles. The molecule has 36 heavy (non-hydrogen) atoms. The number of nitrogens with one attached hydrogen (secondary N) is 2. The minimum absolute atomic E-state index is 0.0796. The second kappa shape index (κ2) is 9.97. The van der Waals surface area contributed by atoms with Crippen LogP contribution < -0.4 is 19.5 Å². The fourth-order valence-corrected chi connectivity index (χ4v) is 5.06. The van der Waals surface area contributed by atoms with Crippen molar-refractivity contribution in [3.63, 3.8) is 0 Å². The Kier molecular flexibility index (Phi) is 7.29. The monoisotopic (exact) mass is 561 g/mol. The van der Waals surface area contributed by atoms with Crippen LogP contribution in [0, 0.1) is 0 Å². The lowest BCUT2D eigenvalue weighted by atomic mass is 10.1. The molecular weight excluding hydrogens is 542 g/mol. The van der Waals surface area contributed by atoms with E-state index in [1.165, 1.54) is 30.3 Å². The van der Waals surface area contributed by atoms with Gasteiger partial charge < -0.3 is 14.8 Å². The molecule has 0 spiro atoms. The van der Waals surface area contributed by atoms with Crippen LogP contribution in [0.1, 0.15) is 18.9 Å². The second-order valence-corrected chi connectivity index (χ2v) is 10.9. The summed E-state index contributed by atoms with van der Waals surface area (Å²) in [7, 11) is -4.18. The zero-order valence-electron chi connectivity index (χ0n) is 18.7. The van der Waals surface area contributed by atoms with E-state index < -0.39 is 33.1 Å². The Morgan fingerprint density at radius 3 is 2.39 bits per heavy atom. The van der Waals surface area contributed by atoms with Gasteiger partial charge in [0.25, 0.3) is 10.0 Å². The number of pyridine rings is 1. The van der Waals surface area contributed by atoms with E-state index in [0.29, 0.717) is 35.3 Å². The quantitative estimate of drug-likeness (QED) is 0.360. The molecule has 1 aliphatic rings. The fourth-order valence-electron chi connectivity index (χ4n) is 3.56. The maximum Gasteiger partial charge on any atom is 0.419 e. The molecule has 13 heteroatoms. The Balaban J connectivity index is 1.55. The van der Waals surface area contributed by atoms with Gasteiger partial charge >= 0.3 is 6.18 Å². The summed E-state index contributed by atoms with van der Waals surface area (Å²) >= 11 is 11.9. The Hall–Kier alpha value is -2.73. The van der Waals surface area contributed by atoms with Gasteiger partial charge in [-0.15, -0.1) is 0 Å². The molecule has 0 amide bonds. The number of hydrogen-bond donors (Lipinski definition) is 2. The van der Waals surface area contributed by atoms with Crippen molar-refractivity contribution in [2.75, 3.05) is 17.8 Å². The number of nitrogens with zero attached hydrogens (tertiary/aromatic N) is 1. The van der Waals surface area contributed by atoms with Crippen molar-refractivity contribution in [3.8, 4) is 17.4 Å². The standard InChI is InChI=1S/C23H20Cl2F3N3O4S/c1-22(6-7-29-13-22)35-20-11-16(2-4-19(20)23(26,27)28)31-36(32,33)18-3-5-21(30-12-18)34-17-9-14(24)8-15(25)10-17/h2-5,8-12,29,31H,6-7,13H2,1H3/t22-/m1/s1. The molecule has 1 atom stereocenters. The van der Waals surface area contributed by atoms with Gasteiger partial charge in [0.2, 0.25) is 5.88 Å². The molecule has 1 aliphatic heterocycles. The third-order valence-corrected chi connectivity index (χ3v) is 7.11. The fraction of sp³-hybridized carbons (Fsp3) is 0.261. The molecule has 0 radical (unpaired) electrons. The lowest BCUT2D eigenvalue weighted by Crippen LogP contribution is -2.35. The third-order valence-electron chi connectivity index (χ3n) is 5.30. The van der Waals surface area contributed by atoms with E-state index in [1.54, 1.807) is 6.92 Å². The molecule has 7 nitrogen and oxygen atoms in total. The number of rotatable bonds is 7. The first-order chi connectivity index (χ1) is 16.8. The number of aromatic nitrogens is 1. The molecule has 2 N–H and O–H groups in total. The van der Waals surface area contributed by atoms with Gasteiger partial charge in [0.05, 0.1) is 17.4 Å². The third kappa shape index (κ3) is 6.33. The average molecular weight is 562 g/mol. The van der Waals surface area contributed by atoms with Crippen molar-refractivity contribution in [2.45, 2.75) is 30.0 Å². The second-order valence-electron chi connectivity index (χ2n) is 8.33. The summed E-state index contributed by atoms with van der Waals surface area (Å²) in [5.41, 5.74) is -1.95. The molecule has 1 saturated heterocycles. The van der Waals surface area contributed by atoms with Gasteiger partial charge in [-0.1, -0.05) is 23.2 Å². The van der Waals surface area contributed by atoms with Crippen molar-refractivity contribution in [1.29, 1.82) is 0 Å². The minimum atomic E-state index is -4.68. The summed E-state index contributed by atoms with van der Waals surface area (Å²) in [6, 6.07) is 9.93. The van der Waals surface area contributed by atoms with Gasteiger partial charge in [-0.05, 0) is 49.9 Å². The van der Waals surface area contributed by atoms with Crippen molar-refractivity contribution in [3.05, 3.63) is 70.3 Å². The van der Waals surface area contributed by atoms with Crippen LogP contribution >= 0.6 is 23.2 Å². The summed E-state index contributed by atoms with van der Waals surface area (Å²) in [5.74, 6) is -0.0796. The molecule has 192 valence electrons. The number of hydrogen-bond acceptors (Lipinski definition) is 6. The highest BCUT2D eigenvalue weighted by Crippen LogP contribution is 2.40. The van der Waals surface area contributed by atoms with Gasteiger partial charge in [0.15, 0.2) is 0 Å². The Bertz CT molecular complexity index is 1340. The first-order valence-electron chi connectivity index (χ1n) is 10.6. The smallest absolute Gasteiger partial charge is 0.419 e. The van der Waals surface area contributed by atoms with E-state index in [2.05, 4.69) is 15.0 Å². The van der Waals surface area contributed by atoms with Gasteiger partial charge in [-0.3, -0.25) is 4.72 Å². The average Bonchev–Trinajstić information content (AvgIpc) is 3.18. The van der Waals surface area contributed by atoms with Crippen LogP contribution in [-0.4, -0.2) is 32.1 Å². The molecule has 1 fully saturated rings. The van der Waals surface area contributed by atoms with E-state index in [4.69, 9.17) is 32.7 Å². The molecule has 0 aliphatic carbocycles. The van der Waals surface area contributed by atoms with E-state index in [9.17, 15) is 21.6 Å². The number of sulfonamides is 1. The van der Waals surface area contributed by atoms with Gasteiger partial charge in [0, 0.05) is 35.1 Å². The zero-order chi connectivity index (χ0) is 26.1. The van der Waals surface area contributed by atoms with Crippen LogP contribution in [0.5, 0.6) is 17.4 Å². The van der Waals surface area contributed by atoms with Crippen molar-refractivity contribution < 1.29 is 31.1 Å². The largest absolute Gasteiger partial charge is 0.485 e. The van der Waals surface area contributed by atoms with Gasteiger partial charge in [-0.25, -0.2) is 13.4 Å². The summed E-state index contributed by atoms with van der Waals surface area (Å²) < 4.78 is 79.9. The van der Waals surface area contributed by atoms with E-state index in [0.717, 1.165) is 24.4 Å². The lowest BCUT2D eigenvalue weighted by Gasteiger charge is -2.27. The predicted molar refractivity (Wildman–Crippen MR) is 130 cm³/mol. The number of ether oxygens (including phenoxy) is 2. The first-order valence-corrected chi connectivity index (χ1v) is 12.8. The van der Waals surface area contributed by atoms with Crippen molar-refractivity contribution >= 4 is 38.9 Å². The maximum absolute atomic E-state index is 13.6. The highest BCUT2D eigenvalue weighted by Gasteiger charge is 2.38. The Labute approximate surface area is 215 Å². The Morgan fingerprint density at radius 2 is 1.81 bits per heavy atom. The molecule has 0 saturated carbocycles. The topological polar surface area (TPSA) is 89.5 Å². The summed E-state index contributed by atoms with van der Waals surface area (Å²) in [6.07, 6.45) is -3.12. The van der Waals surface area contributed by atoms with Crippen LogP contribution in [0.15, 0.2) is 59.6 Å². The lowest BCUT2D eigenvalue weighted by molar-refractivity contribution is -0.139. The Morgan fingerprint density at radius 1 is 1.08 bits per heavy atom. The van der Waals surface area contributed by atoms with E-state index in [1.807, 2.05) is 0 Å². The summed E-state index contributed by atoms with van der Waals surface area (Å²) in [6.45, 7) is 2.65. The molecule has 4 rings (SSSR count). The van der Waals surface area contributed by atoms with Crippen LogP contribution in [0.2, 0.25) is 10.0 Å². The molecular formula is C23H20Cl2F3N3O4S. The maximum atomic E-state index is 13.6. The van der Waals surface area contributed by atoms with Gasteiger partial charge in [-0.2, -0.15) is 13.2 Å². The minimum Gasteiger partial charge on any atom is -0.485 e. The zero-order valence-corrected chi connectivity index (χ0v) is 21.0. The molecule has 2 aromatic carbocycles. The van der Waals surface area contributed by atoms with E-state index >= 15 is 0 Å². The highest BCUT2D eigenvalue weighted by molar-refractivity contribution is 7.92. The van der Waals surface area contributed by atoms with Crippen LogP contribution in [0.25, 0.3) is 0 Å². The molecule has 0 unspecified atom stereocenters. The van der Waals surface area contributed by atoms with Gasteiger partial charge in [0.1, 0.15) is 22.0 Å². The van der Waals surface area contributed by atoms with Crippen molar-refractivity contribution in [2.24, 2.45) is 0 Å². The van der Waals surface area contributed by atoms with Crippen molar-refractivity contribution in [1.82, 2.24) is 10.3 Å². The predicted octanol–water partition coefficient (Wildman–Crippen LogP) is 6.13. The molecule has 0 bridgehead atoms. The molecule has 3 aromatic rings.